The Bertz CT molecular complexity index is 643. The van der Waals surface area contributed by atoms with Crippen molar-refractivity contribution in [3.63, 3.8) is 0 Å². The second-order valence-corrected chi connectivity index (χ2v) is 3.76. The molecular formula is C13H10N2O. The molecule has 0 N–H and O–H groups in total. The average Bonchev–Trinajstić information content (AvgIpc) is 2.72. The molecule has 0 fully saturated rings. The van der Waals surface area contributed by atoms with Crippen molar-refractivity contribution in [3.8, 4) is 11.3 Å². The Morgan fingerprint density at radius 1 is 1.12 bits per heavy atom. The quantitative estimate of drug-likeness (QED) is 0.619. The van der Waals surface area contributed by atoms with Crippen molar-refractivity contribution in [1.82, 2.24) is 10.1 Å². The van der Waals surface area contributed by atoms with E-state index in [-0.39, 0.29) is 0 Å². The molecular weight excluding hydrogens is 200 g/mol. The van der Waals surface area contributed by atoms with Crippen LogP contribution in [-0.2, 0) is 0 Å². The van der Waals surface area contributed by atoms with Crippen molar-refractivity contribution in [3.05, 3.63) is 48.2 Å². The van der Waals surface area contributed by atoms with E-state index in [9.17, 15) is 0 Å². The Labute approximate surface area is 92.7 Å². The third kappa shape index (κ3) is 1.37. The first kappa shape index (κ1) is 9.09. The van der Waals surface area contributed by atoms with Gasteiger partial charge in [-0.1, -0.05) is 28.9 Å². The first-order valence-electron chi connectivity index (χ1n) is 5.12. The molecule has 0 bridgehead atoms. The van der Waals surface area contributed by atoms with Gasteiger partial charge in [0.25, 0.3) is 5.71 Å². The van der Waals surface area contributed by atoms with Crippen LogP contribution in [0.15, 0.2) is 47.1 Å². The lowest BCUT2D eigenvalue weighted by molar-refractivity contribution is 0.451. The summed E-state index contributed by atoms with van der Waals surface area (Å²) in [6, 6.07) is 12.0. The van der Waals surface area contributed by atoms with Crippen LogP contribution in [0.4, 0.5) is 0 Å². The lowest BCUT2D eigenvalue weighted by Crippen LogP contribution is -1.80. The molecule has 0 aliphatic carbocycles. The maximum absolute atomic E-state index is 5.18. The number of aryl methyl sites for hydroxylation is 1. The zero-order valence-corrected chi connectivity index (χ0v) is 8.84. The summed E-state index contributed by atoms with van der Waals surface area (Å²) >= 11 is 0. The molecule has 0 saturated carbocycles. The van der Waals surface area contributed by atoms with Gasteiger partial charge in [0.2, 0.25) is 0 Å². The van der Waals surface area contributed by atoms with Crippen LogP contribution < -0.4 is 0 Å². The topological polar surface area (TPSA) is 38.9 Å². The van der Waals surface area contributed by atoms with E-state index >= 15 is 0 Å². The molecule has 78 valence electrons. The van der Waals surface area contributed by atoms with Gasteiger partial charge in [-0.15, -0.1) is 0 Å². The van der Waals surface area contributed by atoms with Gasteiger partial charge in [0.1, 0.15) is 5.69 Å². The number of rotatable bonds is 1. The Hall–Kier alpha value is -2.16. The molecule has 2 aromatic heterocycles. The highest BCUT2D eigenvalue weighted by Crippen LogP contribution is 2.26. The molecule has 1 aromatic carbocycles. The molecule has 0 amide bonds. The Kier molecular flexibility index (Phi) is 1.96. The lowest BCUT2D eigenvalue weighted by atomic mass is 10.1. The van der Waals surface area contributed by atoms with Crippen molar-refractivity contribution in [1.29, 1.82) is 0 Å². The van der Waals surface area contributed by atoms with Gasteiger partial charge in [0, 0.05) is 11.8 Å². The molecule has 16 heavy (non-hydrogen) atoms. The average molecular weight is 210 g/mol. The van der Waals surface area contributed by atoms with Gasteiger partial charge in [0.05, 0.1) is 5.39 Å². The van der Waals surface area contributed by atoms with E-state index in [0.29, 0.717) is 5.71 Å². The van der Waals surface area contributed by atoms with Crippen molar-refractivity contribution < 1.29 is 4.52 Å². The summed E-state index contributed by atoms with van der Waals surface area (Å²) in [6.07, 6.45) is 1.70. The highest BCUT2D eigenvalue weighted by atomic mass is 16.5. The molecule has 3 aromatic rings. The largest absolute Gasteiger partial charge is 0.335 e. The van der Waals surface area contributed by atoms with E-state index in [4.69, 9.17) is 4.52 Å². The highest BCUT2D eigenvalue weighted by Gasteiger charge is 2.10. The van der Waals surface area contributed by atoms with Crippen LogP contribution in [-0.4, -0.2) is 10.1 Å². The summed E-state index contributed by atoms with van der Waals surface area (Å²) in [5.74, 6) is 0. The van der Waals surface area contributed by atoms with E-state index in [1.807, 2.05) is 24.3 Å². The van der Waals surface area contributed by atoms with Crippen LogP contribution in [0.3, 0.4) is 0 Å². The number of pyridine rings is 1. The third-order valence-electron chi connectivity index (χ3n) is 2.54. The number of nitrogens with zero attached hydrogens (tertiary/aromatic N) is 2. The molecule has 3 rings (SSSR count). The van der Waals surface area contributed by atoms with Gasteiger partial charge in [-0.3, -0.25) is 0 Å². The van der Waals surface area contributed by atoms with E-state index in [0.717, 1.165) is 16.6 Å². The maximum Gasteiger partial charge on any atom is 0.258 e. The smallest absolute Gasteiger partial charge is 0.258 e. The monoisotopic (exact) mass is 210 g/mol. The summed E-state index contributed by atoms with van der Waals surface area (Å²) in [7, 11) is 0. The number of hydrogen-bond donors (Lipinski definition) is 0. The van der Waals surface area contributed by atoms with Crippen LogP contribution >= 0.6 is 0 Å². The minimum Gasteiger partial charge on any atom is -0.335 e. The molecule has 3 heteroatoms. The highest BCUT2D eigenvalue weighted by molar-refractivity contribution is 5.89. The van der Waals surface area contributed by atoms with E-state index in [2.05, 4.69) is 29.2 Å². The molecule has 0 aliphatic rings. The van der Waals surface area contributed by atoms with Crippen LogP contribution in [0.5, 0.6) is 0 Å². The standard InChI is InChI=1S/C13H10N2O/c1-9-4-2-5-10(8-9)12-11-6-3-7-14-13(11)16-15-12/h2-8H,1H3. The number of benzene rings is 1. The first-order valence-corrected chi connectivity index (χ1v) is 5.12. The molecule has 2 heterocycles. The predicted molar refractivity (Wildman–Crippen MR) is 62.0 cm³/mol. The molecule has 0 radical (unpaired) electrons. The summed E-state index contributed by atoms with van der Waals surface area (Å²) in [5.41, 5.74) is 3.70. The van der Waals surface area contributed by atoms with Gasteiger partial charge in [0.15, 0.2) is 0 Å². The Morgan fingerprint density at radius 3 is 2.94 bits per heavy atom. The second kappa shape index (κ2) is 3.45. The minimum absolute atomic E-state index is 0.582. The van der Waals surface area contributed by atoms with Crippen LogP contribution in [0.1, 0.15) is 5.56 Å². The summed E-state index contributed by atoms with van der Waals surface area (Å²) in [5, 5.41) is 5.02. The zero-order valence-electron chi connectivity index (χ0n) is 8.84. The molecule has 0 aliphatic heterocycles. The summed E-state index contributed by atoms with van der Waals surface area (Å²) < 4.78 is 5.18. The van der Waals surface area contributed by atoms with E-state index in [1.54, 1.807) is 6.20 Å². The Morgan fingerprint density at radius 2 is 2.06 bits per heavy atom. The zero-order chi connectivity index (χ0) is 11.0. The van der Waals surface area contributed by atoms with E-state index < -0.39 is 0 Å². The molecule has 3 nitrogen and oxygen atoms in total. The molecule has 0 spiro atoms. The van der Waals surface area contributed by atoms with Gasteiger partial charge in [-0.2, -0.15) is 0 Å². The third-order valence-corrected chi connectivity index (χ3v) is 2.54. The number of aromatic nitrogens is 2. The predicted octanol–water partition coefficient (Wildman–Crippen LogP) is 3.20. The van der Waals surface area contributed by atoms with Crippen molar-refractivity contribution in [2.75, 3.05) is 0 Å². The van der Waals surface area contributed by atoms with Crippen LogP contribution in [0, 0.1) is 6.92 Å². The van der Waals surface area contributed by atoms with Crippen molar-refractivity contribution in [2.24, 2.45) is 0 Å². The molecule has 0 saturated heterocycles. The Balaban J connectivity index is 2.26. The van der Waals surface area contributed by atoms with Crippen molar-refractivity contribution >= 4 is 11.1 Å². The van der Waals surface area contributed by atoms with Crippen molar-refractivity contribution in [2.45, 2.75) is 6.92 Å². The minimum atomic E-state index is 0.582. The normalized spacial score (nSPS) is 10.8. The van der Waals surface area contributed by atoms with Crippen LogP contribution in [0.2, 0.25) is 0 Å². The second-order valence-electron chi connectivity index (χ2n) is 3.76. The van der Waals surface area contributed by atoms with Crippen LogP contribution in [0.25, 0.3) is 22.4 Å². The maximum atomic E-state index is 5.18. The fourth-order valence-electron chi connectivity index (χ4n) is 1.78. The molecule has 0 atom stereocenters. The first-order chi connectivity index (χ1) is 7.84. The van der Waals surface area contributed by atoms with Gasteiger partial charge >= 0.3 is 0 Å². The van der Waals surface area contributed by atoms with Gasteiger partial charge in [-0.25, -0.2) is 4.98 Å². The number of hydrogen-bond acceptors (Lipinski definition) is 3. The van der Waals surface area contributed by atoms with E-state index in [1.165, 1.54) is 5.56 Å². The lowest BCUT2D eigenvalue weighted by Gasteiger charge is -1.97. The van der Waals surface area contributed by atoms with Gasteiger partial charge in [-0.05, 0) is 25.1 Å². The summed E-state index contributed by atoms with van der Waals surface area (Å²) in [4.78, 5) is 4.12. The SMILES string of the molecule is Cc1cccc(-c2noc3ncccc23)c1. The summed E-state index contributed by atoms with van der Waals surface area (Å²) in [6.45, 7) is 2.06. The number of fused-ring (bicyclic) bond motifs is 1. The van der Waals surface area contributed by atoms with Gasteiger partial charge < -0.3 is 4.52 Å². The fourth-order valence-corrected chi connectivity index (χ4v) is 1.78. The molecule has 0 unspecified atom stereocenters. The fraction of sp³-hybridized carbons (Fsp3) is 0.0769.